The maximum absolute atomic E-state index is 2.33. The first-order valence-corrected chi connectivity index (χ1v) is 10.5. The van der Waals surface area contributed by atoms with Crippen LogP contribution in [0.25, 0.3) is 10.8 Å². The first kappa shape index (κ1) is 19.5. The lowest BCUT2D eigenvalue weighted by Crippen LogP contribution is -2.56. The maximum Gasteiger partial charge on any atom is 0.243 e. The van der Waals surface area contributed by atoms with Crippen LogP contribution in [-0.4, -0.2) is 6.71 Å². The van der Waals surface area contributed by atoms with E-state index in [1.54, 1.807) is 0 Å². The summed E-state index contributed by atoms with van der Waals surface area (Å²) in [6, 6.07) is 24.9. The van der Waals surface area contributed by atoms with E-state index in [1.807, 2.05) is 0 Å². The van der Waals surface area contributed by atoms with Crippen molar-refractivity contribution in [2.75, 3.05) is 0 Å². The lowest BCUT2D eigenvalue weighted by Gasteiger charge is -2.25. The van der Waals surface area contributed by atoms with E-state index >= 15 is 0 Å². The van der Waals surface area contributed by atoms with Crippen molar-refractivity contribution in [2.45, 2.75) is 41.5 Å². The third-order valence-corrected chi connectivity index (χ3v) is 6.19. The molecule has 29 heavy (non-hydrogen) atoms. The molecule has 0 saturated carbocycles. The Morgan fingerprint density at radius 1 is 0.517 bits per heavy atom. The van der Waals surface area contributed by atoms with Gasteiger partial charge in [0.25, 0.3) is 0 Å². The average Bonchev–Trinajstić information content (AvgIpc) is 2.65. The van der Waals surface area contributed by atoms with Crippen LogP contribution in [0, 0.1) is 41.5 Å². The third-order valence-electron chi connectivity index (χ3n) is 6.19. The first-order valence-electron chi connectivity index (χ1n) is 10.5. The molecule has 4 rings (SSSR count). The fraction of sp³-hybridized carbons (Fsp3) is 0.214. The Hall–Kier alpha value is -2.80. The van der Waals surface area contributed by atoms with Gasteiger partial charge in [-0.2, -0.15) is 0 Å². The van der Waals surface area contributed by atoms with Gasteiger partial charge in [-0.25, -0.2) is 0 Å². The van der Waals surface area contributed by atoms with Crippen molar-refractivity contribution in [2.24, 2.45) is 0 Å². The van der Waals surface area contributed by atoms with E-state index in [0.717, 1.165) is 0 Å². The Balaban J connectivity index is 2.12. The van der Waals surface area contributed by atoms with Gasteiger partial charge in [0.05, 0.1) is 0 Å². The zero-order valence-corrected chi connectivity index (χ0v) is 18.4. The molecule has 0 radical (unpaired) electrons. The second-order valence-corrected chi connectivity index (χ2v) is 8.63. The van der Waals surface area contributed by atoms with Crippen LogP contribution in [0.1, 0.15) is 33.4 Å². The molecule has 0 N–H and O–H groups in total. The van der Waals surface area contributed by atoms with E-state index in [1.165, 1.54) is 60.5 Å². The van der Waals surface area contributed by atoms with Crippen molar-refractivity contribution in [1.29, 1.82) is 0 Å². The molecule has 0 aliphatic heterocycles. The van der Waals surface area contributed by atoms with Gasteiger partial charge in [0.15, 0.2) is 0 Å². The topological polar surface area (TPSA) is 0 Å². The van der Waals surface area contributed by atoms with Crippen LogP contribution in [0.2, 0.25) is 0 Å². The molecule has 0 atom stereocenters. The molecular formula is C28H29B. The fourth-order valence-electron chi connectivity index (χ4n) is 5.25. The molecule has 144 valence electrons. The highest BCUT2D eigenvalue weighted by atomic mass is 14.1. The Labute approximate surface area is 175 Å². The van der Waals surface area contributed by atoms with Gasteiger partial charge in [-0.05, 0) is 52.3 Å². The van der Waals surface area contributed by atoms with E-state index in [-0.39, 0.29) is 6.71 Å². The van der Waals surface area contributed by atoms with E-state index < -0.39 is 0 Å². The molecule has 0 amide bonds. The van der Waals surface area contributed by atoms with Gasteiger partial charge in [-0.1, -0.05) is 116 Å². The molecule has 0 heterocycles. The van der Waals surface area contributed by atoms with Gasteiger partial charge in [-0.3, -0.25) is 0 Å². The highest BCUT2D eigenvalue weighted by Crippen LogP contribution is 2.17. The molecule has 0 spiro atoms. The summed E-state index contributed by atoms with van der Waals surface area (Å²) < 4.78 is 0. The molecule has 0 aromatic heterocycles. The van der Waals surface area contributed by atoms with Gasteiger partial charge in [0.2, 0.25) is 6.71 Å². The fourth-order valence-corrected chi connectivity index (χ4v) is 5.25. The van der Waals surface area contributed by atoms with Gasteiger partial charge >= 0.3 is 0 Å². The normalized spacial score (nSPS) is 11.1. The SMILES string of the molecule is Cc1cc(C)c(B(c2c(C)cc(C)cc2C)c2cccc3ccccc23)c(C)c1. The molecular weight excluding hydrogens is 347 g/mol. The monoisotopic (exact) mass is 376 g/mol. The third kappa shape index (κ3) is 3.51. The van der Waals surface area contributed by atoms with Gasteiger partial charge < -0.3 is 0 Å². The van der Waals surface area contributed by atoms with Crippen molar-refractivity contribution in [3.05, 3.63) is 100 Å². The maximum atomic E-state index is 2.33. The minimum Gasteiger partial charge on any atom is -0.0663 e. The zero-order valence-electron chi connectivity index (χ0n) is 18.4. The van der Waals surface area contributed by atoms with Crippen molar-refractivity contribution in [3.8, 4) is 0 Å². The van der Waals surface area contributed by atoms with Crippen LogP contribution in [0.5, 0.6) is 0 Å². The predicted molar refractivity (Wildman–Crippen MR) is 130 cm³/mol. The number of benzene rings is 4. The van der Waals surface area contributed by atoms with E-state index in [0.29, 0.717) is 0 Å². The Morgan fingerprint density at radius 2 is 0.966 bits per heavy atom. The quantitative estimate of drug-likeness (QED) is 0.431. The summed E-state index contributed by atoms with van der Waals surface area (Å²) in [5, 5.41) is 2.65. The average molecular weight is 376 g/mol. The molecule has 0 nitrogen and oxygen atoms in total. The van der Waals surface area contributed by atoms with Crippen molar-refractivity contribution in [1.82, 2.24) is 0 Å². The zero-order chi connectivity index (χ0) is 20.7. The van der Waals surface area contributed by atoms with Crippen molar-refractivity contribution >= 4 is 33.9 Å². The summed E-state index contributed by atoms with van der Waals surface area (Å²) in [6.07, 6.45) is 0. The molecule has 1 heteroatoms. The van der Waals surface area contributed by atoms with Gasteiger partial charge in [0, 0.05) is 0 Å². The predicted octanol–water partition coefficient (Wildman–Crippen LogP) is 5.21. The highest BCUT2D eigenvalue weighted by molar-refractivity contribution is 6.97. The van der Waals surface area contributed by atoms with Gasteiger partial charge in [-0.15, -0.1) is 0 Å². The summed E-state index contributed by atoms with van der Waals surface area (Å²) in [5.74, 6) is 0. The summed E-state index contributed by atoms with van der Waals surface area (Å²) in [5.41, 5.74) is 12.5. The molecule has 0 unspecified atom stereocenters. The van der Waals surface area contributed by atoms with E-state index in [9.17, 15) is 0 Å². The molecule has 0 saturated heterocycles. The summed E-state index contributed by atoms with van der Waals surface area (Å²) in [7, 11) is 0. The lowest BCUT2D eigenvalue weighted by molar-refractivity contribution is 1.34. The van der Waals surface area contributed by atoms with Crippen molar-refractivity contribution < 1.29 is 0 Å². The minimum atomic E-state index is 0.224. The van der Waals surface area contributed by atoms with Crippen LogP contribution in [0.15, 0.2) is 66.7 Å². The molecule has 0 bridgehead atoms. The number of fused-ring (bicyclic) bond motifs is 1. The second-order valence-electron chi connectivity index (χ2n) is 8.63. The lowest BCUT2D eigenvalue weighted by atomic mass is 9.33. The summed E-state index contributed by atoms with van der Waals surface area (Å²) >= 11 is 0. The molecule has 0 fully saturated rings. The number of hydrogen-bond donors (Lipinski definition) is 0. The van der Waals surface area contributed by atoms with Crippen LogP contribution >= 0.6 is 0 Å². The number of aryl methyl sites for hydroxylation is 6. The largest absolute Gasteiger partial charge is 0.243 e. The van der Waals surface area contributed by atoms with Crippen molar-refractivity contribution in [3.63, 3.8) is 0 Å². The van der Waals surface area contributed by atoms with Gasteiger partial charge in [0.1, 0.15) is 0 Å². The van der Waals surface area contributed by atoms with E-state index in [4.69, 9.17) is 0 Å². The Bertz CT molecular complexity index is 1110. The van der Waals surface area contributed by atoms with Crippen LogP contribution in [0.3, 0.4) is 0 Å². The molecule has 4 aromatic rings. The molecule has 0 aliphatic carbocycles. The van der Waals surface area contributed by atoms with Crippen LogP contribution in [-0.2, 0) is 0 Å². The summed E-state index contributed by atoms with van der Waals surface area (Å²) in [6.45, 7) is 13.7. The first-order chi connectivity index (χ1) is 13.9. The van der Waals surface area contributed by atoms with Crippen LogP contribution in [0.4, 0.5) is 0 Å². The van der Waals surface area contributed by atoms with E-state index in [2.05, 4.69) is 108 Å². The number of rotatable bonds is 3. The molecule has 0 aliphatic rings. The van der Waals surface area contributed by atoms with Crippen LogP contribution < -0.4 is 16.4 Å². The second kappa shape index (κ2) is 7.56. The Kier molecular flexibility index (Phi) is 5.09. The molecule has 4 aromatic carbocycles. The smallest absolute Gasteiger partial charge is 0.0663 e. The Morgan fingerprint density at radius 3 is 1.48 bits per heavy atom. The number of hydrogen-bond acceptors (Lipinski definition) is 0. The minimum absolute atomic E-state index is 0.224. The standard InChI is InChI=1S/C28H29B/c1-18-14-20(3)27(21(4)15-18)29(28-22(5)16-19(2)17-23(28)6)26-13-9-11-24-10-7-8-12-25(24)26/h7-17H,1-6H3. The highest BCUT2D eigenvalue weighted by Gasteiger charge is 2.29. The summed E-state index contributed by atoms with van der Waals surface area (Å²) in [4.78, 5) is 0.